The summed E-state index contributed by atoms with van der Waals surface area (Å²) in [4.78, 5) is 19.0. The maximum atomic E-state index is 12.0. The van der Waals surface area contributed by atoms with Crippen molar-refractivity contribution in [3.05, 3.63) is 23.0 Å². The number of amides is 1. The molecule has 6 heteroatoms. The molecule has 18 heavy (non-hydrogen) atoms. The number of carbonyl (C=O) groups excluding carboxylic acids is 1. The van der Waals surface area contributed by atoms with Crippen LogP contribution in [0.3, 0.4) is 0 Å². The van der Waals surface area contributed by atoms with Gasteiger partial charge in [-0.15, -0.1) is 11.3 Å². The zero-order chi connectivity index (χ0) is 12.9. The number of aryl methyl sites for hydroxylation is 1. The lowest BCUT2D eigenvalue weighted by Gasteiger charge is -2.20. The minimum absolute atomic E-state index is 0.188. The van der Waals surface area contributed by atoms with Crippen LogP contribution in [0.1, 0.15) is 24.2 Å². The third-order valence-electron chi connectivity index (χ3n) is 3.42. The predicted molar refractivity (Wildman–Crippen MR) is 68.5 cm³/mol. The lowest BCUT2D eigenvalue weighted by Crippen LogP contribution is -2.37. The van der Waals surface area contributed by atoms with Gasteiger partial charge in [-0.25, -0.2) is 4.98 Å². The fraction of sp³-hybridized carbons (Fsp3) is 0.500. The molecule has 1 aliphatic rings. The monoisotopic (exact) mass is 265 g/mol. The number of hydrogen-bond donors (Lipinski definition) is 1. The van der Waals surface area contributed by atoms with E-state index in [0.717, 1.165) is 16.3 Å². The van der Waals surface area contributed by atoms with E-state index < -0.39 is 5.60 Å². The van der Waals surface area contributed by atoms with E-state index >= 15 is 0 Å². The normalized spacial score (nSPS) is 17.1. The van der Waals surface area contributed by atoms with Gasteiger partial charge < -0.3 is 10.0 Å². The van der Waals surface area contributed by atoms with Gasteiger partial charge in [-0.2, -0.15) is 0 Å². The first-order valence-corrected chi connectivity index (χ1v) is 6.78. The molecule has 0 bridgehead atoms. The Balaban J connectivity index is 1.85. The SMILES string of the molecule is Cc1nc2sccn2c1CN(C)C(=O)C1(O)CC1. The quantitative estimate of drug-likeness (QED) is 0.907. The number of aromatic nitrogens is 2. The summed E-state index contributed by atoms with van der Waals surface area (Å²) in [6.45, 7) is 2.42. The van der Waals surface area contributed by atoms with Crippen molar-refractivity contribution >= 4 is 22.2 Å². The summed E-state index contributed by atoms with van der Waals surface area (Å²) in [5.41, 5.74) is 0.844. The number of carbonyl (C=O) groups is 1. The fourth-order valence-electron chi connectivity index (χ4n) is 2.12. The van der Waals surface area contributed by atoms with Gasteiger partial charge in [0.25, 0.3) is 5.91 Å². The highest BCUT2D eigenvalue weighted by molar-refractivity contribution is 7.15. The van der Waals surface area contributed by atoms with Crippen molar-refractivity contribution in [1.82, 2.24) is 14.3 Å². The summed E-state index contributed by atoms with van der Waals surface area (Å²) in [6.07, 6.45) is 3.12. The fourth-order valence-corrected chi connectivity index (χ4v) is 2.89. The first-order chi connectivity index (χ1) is 8.51. The van der Waals surface area contributed by atoms with Crippen LogP contribution in [0.15, 0.2) is 11.6 Å². The predicted octanol–water partition coefficient (Wildman–Crippen LogP) is 1.19. The van der Waals surface area contributed by atoms with Crippen molar-refractivity contribution in [3.8, 4) is 0 Å². The van der Waals surface area contributed by atoms with Crippen LogP contribution in [-0.2, 0) is 11.3 Å². The number of likely N-dealkylation sites (N-methyl/N-ethyl adjacent to an activating group) is 1. The van der Waals surface area contributed by atoms with Crippen molar-refractivity contribution in [3.63, 3.8) is 0 Å². The van der Waals surface area contributed by atoms with E-state index in [-0.39, 0.29) is 5.91 Å². The summed E-state index contributed by atoms with van der Waals surface area (Å²) >= 11 is 1.57. The van der Waals surface area contributed by atoms with E-state index in [4.69, 9.17) is 0 Å². The van der Waals surface area contributed by atoms with Crippen LogP contribution in [0.4, 0.5) is 0 Å². The highest BCUT2D eigenvalue weighted by Gasteiger charge is 2.49. The highest BCUT2D eigenvalue weighted by atomic mass is 32.1. The number of nitrogens with zero attached hydrogens (tertiary/aromatic N) is 3. The summed E-state index contributed by atoms with van der Waals surface area (Å²) in [6, 6.07) is 0. The summed E-state index contributed by atoms with van der Waals surface area (Å²) in [5.74, 6) is -0.188. The van der Waals surface area contributed by atoms with Gasteiger partial charge in [0.15, 0.2) is 4.96 Å². The van der Waals surface area contributed by atoms with Crippen LogP contribution in [0.5, 0.6) is 0 Å². The molecule has 0 radical (unpaired) electrons. The van der Waals surface area contributed by atoms with Gasteiger partial charge in [-0.05, 0) is 19.8 Å². The number of aliphatic hydroxyl groups is 1. The van der Waals surface area contributed by atoms with Crippen LogP contribution in [0, 0.1) is 6.92 Å². The Morgan fingerprint density at radius 1 is 1.67 bits per heavy atom. The molecule has 96 valence electrons. The van der Waals surface area contributed by atoms with Crippen molar-refractivity contribution < 1.29 is 9.90 Å². The standard InChI is InChI=1S/C12H15N3O2S/c1-8-9(15-5-6-18-11(15)13-8)7-14(2)10(16)12(17)3-4-12/h5-6,17H,3-4,7H2,1-2H3. The first kappa shape index (κ1) is 11.7. The molecular formula is C12H15N3O2S. The third-order valence-corrected chi connectivity index (χ3v) is 4.17. The van der Waals surface area contributed by atoms with E-state index in [2.05, 4.69) is 4.98 Å². The van der Waals surface area contributed by atoms with Gasteiger partial charge in [0.2, 0.25) is 0 Å². The van der Waals surface area contributed by atoms with Gasteiger partial charge in [-0.3, -0.25) is 9.20 Å². The second-order valence-corrected chi connectivity index (χ2v) is 5.77. The zero-order valence-corrected chi connectivity index (χ0v) is 11.2. The van der Waals surface area contributed by atoms with Gasteiger partial charge >= 0.3 is 0 Å². The molecule has 0 spiro atoms. The molecular weight excluding hydrogens is 250 g/mol. The van der Waals surface area contributed by atoms with E-state index in [9.17, 15) is 9.90 Å². The molecule has 3 rings (SSSR count). The molecule has 0 unspecified atom stereocenters. The first-order valence-electron chi connectivity index (χ1n) is 5.90. The second kappa shape index (κ2) is 3.80. The average molecular weight is 265 g/mol. The number of rotatable bonds is 3. The lowest BCUT2D eigenvalue weighted by molar-refractivity contribution is -0.141. The van der Waals surface area contributed by atoms with Gasteiger partial charge in [0.05, 0.1) is 17.9 Å². The smallest absolute Gasteiger partial charge is 0.254 e. The molecule has 5 nitrogen and oxygen atoms in total. The molecule has 2 aromatic heterocycles. The maximum absolute atomic E-state index is 12.0. The molecule has 0 aliphatic heterocycles. The largest absolute Gasteiger partial charge is 0.380 e. The zero-order valence-electron chi connectivity index (χ0n) is 10.4. The molecule has 1 aliphatic carbocycles. The minimum atomic E-state index is -1.10. The minimum Gasteiger partial charge on any atom is -0.380 e. The molecule has 2 aromatic rings. The van der Waals surface area contributed by atoms with Crippen LogP contribution in [0.2, 0.25) is 0 Å². The average Bonchev–Trinajstić information content (AvgIpc) is 2.81. The van der Waals surface area contributed by atoms with Crippen molar-refractivity contribution in [2.45, 2.75) is 31.9 Å². The van der Waals surface area contributed by atoms with E-state index in [0.29, 0.717) is 19.4 Å². The Hall–Kier alpha value is -1.40. The molecule has 0 atom stereocenters. The molecule has 0 saturated heterocycles. The number of fused-ring (bicyclic) bond motifs is 1. The van der Waals surface area contributed by atoms with Crippen molar-refractivity contribution in [2.75, 3.05) is 7.05 Å². The Labute approximate surface area is 109 Å². The summed E-state index contributed by atoms with van der Waals surface area (Å²) in [7, 11) is 1.73. The molecule has 1 amide bonds. The lowest BCUT2D eigenvalue weighted by atomic mass is 10.2. The second-order valence-electron chi connectivity index (χ2n) is 4.89. The van der Waals surface area contributed by atoms with Gasteiger partial charge in [0, 0.05) is 18.6 Å². The van der Waals surface area contributed by atoms with E-state index in [1.807, 2.05) is 22.9 Å². The molecule has 1 fully saturated rings. The Bertz CT molecular complexity index is 612. The number of hydrogen-bond acceptors (Lipinski definition) is 4. The van der Waals surface area contributed by atoms with E-state index in [1.54, 1.807) is 23.3 Å². The highest BCUT2D eigenvalue weighted by Crippen LogP contribution is 2.36. The summed E-state index contributed by atoms with van der Waals surface area (Å²) in [5, 5.41) is 11.8. The topological polar surface area (TPSA) is 57.8 Å². The van der Waals surface area contributed by atoms with Crippen LogP contribution < -0.4 is 0 Å². The molecule has 1 saturated carbocycles. The van der Waals surface area contributed by atoms with Gasteiger partial charge in [0.1, 0.15) is 5.60 Å². The van der Waals surface area contributed by atoms with Crippen LogP contribution >= 0.6 is 11.3 Å². The molecule has 2 heterocycles. The van der Waals surface area contributed by atoms with Crippen molar-refractivity contribution in [1.29, 1.82) is 0 Å². The number of thiazole rings is 1. The van der Waals surface area contributed by atoms with Crippen LogP contribution in [0.25, 0.3) is 4.96 Å². The van der Waals surface area contributed by atoms with Crippen LogP contribution in [-0.4, -0.2) is 37.9 Å². The Morgan fingerprint density at radius 3 is 3.06 bits per heavy atom. The van der Waals surface area contributed by atoms with E-state index in [1.165, 1.54) is 0 Å². The van der Waals surface area contributed by atoms with Gasteiger partial charge in [-0.1, -0.05) is 0 Å². The van der Waals surface area contributed by atoms with Crippen molar-refractivity contribution in [2.24, 2.45) is 0 Å². The number of imidazole rings is 1. The Morgan fingerprint density at radius 2 is 2.39 bits per heavy atom. The summed E-state index contributed by atoms with van der Waals surface area (Å²) < 4.78 is 2.00. The molecule has 0 aromatic carbocycles. The maximum Gasteiger partial charge on any atom is 0.254 e. The third kappa shape index (κ3) is 1.72. The Kier molecular flexibility index (Phi) is 2.46. The molecule has 1 N–H and O–H groups in total.